The minimum atomic E-state index is -1.98. The Hall–Kier alpha value is -5.50. The molecule has 0 bridgehead atoms. The van der Waals surface area contributed by atoms with Gasteiger partial charge >= 0.3 is 53.7 Å². The Morgan fingerprint density at radius 1 is 0.381 bits per heavy atom. The highest BCUT2D eigenvalue weighted by atomic mass is 16.8. The molecule has 3 rings (SSSR count). The Kier molecular flexibility index (Phi) is 19.1. The third kappa shape index (κ3) is 15.4. The van der Waals surface area contributed by atoms with Gasteiger partial charge < -0.3 is 71.6 Å². The van der Waals surface area contributed by atoms with Crippen LogP contribution in [0, 0.1) is 0 Å². The van der Waals surface area contributed by atoms with E-state index in [-0.39, 0.29) is 0 Å². The van der Waals surface area contributed by atoms with Crippen molar-refractivity contribution in [1.29, 1.82) is 0 Å². The van der Waals surface area contributed by atoms with Crippen molar-refractivity contribution < 1.29 is 114 Å². The second-order valence-electron chi connectivity index (χ2n) is 14.4. The Morgan fingerprint density at radius 2 is 0.762 bits per heavy atom. The minimum absolute atomic E-state index is 0.640. The summed E-state index contributed by atoms with van der Waals surface area (Å²) in [6.45, 7) is 10.3. The molecule has 3 aliphatic heterocycles. The lowest BCUT2D eigenvalue weighted by atomic mass is 9.94. The standard InChI is InChI=1S/C38H53NO24/c1-14-28(53-18(5)43)32(56-21(8)46)35(37(52-14)59-24(11)49)63-38-34(58-23(10)48)33(57-22(9)47)30(26(61-38)13-51-17(4)42)62-36-27(39-15(2)40)31(55-20(7)45)29(54-19(6)44)25(60-36)12-50-16(3)41/h14,25-38H,12-13H2,1-11H3,(H,39,40). The van der Waals surface area contributed by atoms with Gasteiger partial charge in [0.25, 0.3) is 0 Å². The van der Waals surface area contributed by atoms with E-state index in [9.17, 15) is 47.9 Å². The van der Waals surface area contributed by atoms with Crippen LogP contribution in [0.5, 0.6) is 0 Å². The summed E-state index contributed by atoms with van der Waals surface area (Å²) in [5.74, 6) is -8.98. The fraction of sp³-hybridized carbons (Fsp3) is 0.737. The van der Waals surface area contributed by atoms with Gasteiger partial charge in [-0.15, -0.1) is 0 Å². The van der Waals surface area contributed by atoms with E-state index in [0.717, 1.165) is 69.2 Å². The number of carbonyl (C=O) groups excluding carboxylic acids is 10. The molecule has 15 unspecified atom stereocenters. The molecule has 3 fully saturated rings. The van der Waals surface area contributed by atoms with Crippen LogP contribution in [0.15, 0.2) is 0 Å². The van der Waals surface area contributed by atoms with E-state index >= 15 is 0 Å². The topological polar surface area (TPSA) is 312 Å². The van der Waals surface area contributed by atoms with Crippen molar-refractivity contribution in [2.24, 2.45) is 0 Å². The van der Waals surface area contributed by atoms with Crippen molar-refractivity contribution in [3.63, 3.8) is 0 Å². The zero-order valence-electron chi connectivity index (χ0n) is 36.4. The van der Waals surface area contributed by atoms with Crippen molar-refractivity contribution in [3.8, 4) is 0 Å². The molecule has 0 aromatic rings. The summed E-state index contributed by atoms with van der Waals surface area (Å²) in [7, 11) is 0. The van der Waals surface area contributed by atoms with Crippen LogP contribution in [0.3, 0.4) is 0 Å². The van der Waals surface area contributed by atoms with Crippen molar-refractivity contribution in [2.75, 3.05) is 13.2 Å². The summed E-state index contributed by atoms with van der Waals surface area (Å²) in [4.78, 5) is 124. The minimum Gasteiger partial charge on any atom is -0.463 e. The molecule has 25 nitrogen and oxygen atoms in total. The van der Waals surface area contributed by atoms with Crippen LogP contribution in [0.1, 0.15) is 76.2 Å². The summed E-state index contributed by atoms with van der Waals surface area (Å²) >= 11 is 0. The van der Waals surface area contributed by atoms with Crippen LogP contribution in [-0.2, 0) is 114 Å². The molecule has 3 heterocycles. The van der Waals surface area contributed by atoms with E-state index in [0.29, 0.717) is 0 Å². The monoisotopic (exact) mass is 907 g/mol. The maximum absolute atomic E-state index is 12.9. The fourth-order valence-corrected chi connectivity index (χ4v) is 6.90. The number of amides is 1. The molecule has 0 aromatic carbocycles. The number of esters is 9. The number of ether oxygens (including phenoxy) is 14. The number of rotatable bonds is 16. The smallest absolute Gasteiger partial charge is 0.305 e. The quantitative estimate of drug-likeness (QED) is 0.139. The van der Waals surface area contributed by atoms with Crippen molar-refractivity contribution in [2.45, 2.75) is 168 Å². The Morgan fingerprint density at radius 3 is 1.22 bits per heavy atom. The van der Waals surface area contributed by atoms with Crippen LogP contribution < -0.4 is 5.32 Å². The van der Waals surface area contributed by atoms with Crippen LogP contribution in [0.4, 0.5) is 0 Å². The first-order chi connectivity index (χ1) is 29.4. The van der Waals surface area contributed by atoms with Crippen molar-refractivity contribution in [1.82, 2.24) is 5.32 Å². The Bertz CT molecular complexity index is 1720. The maximum Gasteiger partial charge on any atom is 0.305 e. The van der Waals surface area contributed by atoms with Gasteiger partial charge in [-0.2, -0.15) is 0 Å². The van der Waals surface area contributed by atoms with Gasteiger partial charge in [0.05, 0.1) is 6.10 Å². The van der Waals surface area contributed by atoms with Crippen molar-refractivity contribution >= 4 is 59.6 Å². The second kappa shape index (κ2) is 23.3. The first-order valence-corrected chi connectivity index (χ1v) is 19.4. The lowest BCUT2D eigenvalue weighted by molar-refractivity contribution is -0.376. The summed E-state index contributed by atoms with van der Waals surface area (Å²) in [5.41, 5.74) is 0. The Labute approximate surface area is 360 Å². The average Bonchev–Trinajstić information content (AvgIpc) is 3.12. The van der Waals surface area contributed by atoms with Crippen LogP contribution in [0.2, 0.25) is 0 Å². The summed E-state index contributed by atoms with van der Waals surface area (Å²) < 4.78 is 80.0. The molecule has 0 spiro atoms. The SMILES string of the molecule is CC(=O)NC1C(OC2C(COC(C)=O)OC(OC3C(OC(C)=O)OC(C)C(OC(C)=O)C3OC(C)=O)C(OC(C)=O)C2OC(C)=O)OC(COC(C)=O)C(OC(C)=O)C1OC(C)=O. The number of nitrogens with one attached hydrogen (secondary N) is 1. The summed E-state index contributed by atoms with van der Waals surface area (Å²) in [6.07, 6.45) is -23.4. The van der Waals surface area contributed by atoms with Crippen molar-refractivity contribution in [3.05, 3.63) is 0 Å². The molecule has 63 heavy (non-hydrogen) atoms. The lowest BCUT2D eigenvalue weighted by Gasteiger charge is -2.50. The van der Waals surface area contributed by atoms with Gasteiger partial charge in [0.2, 0.25) is 12.2 Å². The highest BCUT2D eigenvalue weighted by Crippen LogP contribution is 2.37. The molecule has 15 atom stereocenters. The molecule has 3 saturated heterocycles. The highest BCUT2D eigenvalue weighted by Gasteiger charge is 2.59. The molecular weight excluding hydrogens is 854 g/mol. The van der Waals surface area contributed by atoms with Gasteiger partial charge in [-0.3, -0.25) is 47.9 Å². The number of carbonyl (C=O) groups is 10. The third-order valence-electron chi connectivity index (χ3n) is 8.91. The molecule has 3 aliphatic rings. The predicted octanol–water partition coefficient (Wildman–Crippen LogP) is -1.26. The fourth-order valence-electron chi connectivity index (χ4n) is 6.90. The molecule has 0 aliphatic carbocycles. The molecule has 1 N–H and O–H groups in total. The third-order valence-corrected chi connectivity index (χ3v) is 8.91. The predicted molar refractivity (Wildman–Crippen MR) is 197 cm³/mol. The maximum atomic E-state index is 12.9. The Balaban J connectivity index is 2.27. The molecule has 1 amide bonds. The van der Waals surface area contributed by atoms with E-state index < -0.39 is 165 Å². The average molecular weight is 908 g/mol. The van der Waals surface area contributed by atoms with Gasteiger partial charge in [0.1, 0.15) is 37.6 Å². The van der Waals surface area contributed by atoms with Gasteiger partial charge in [-0.1, -0.05) is 0 Å². The second-order valence-corrected chi connectivity index (χ2v) is 14.4. The molecule has 0 radical (unpaired) electrons. The molecular formula is C38H53NO24. The normalized spacial score (nSPS) is 32.6. The van der Waals surface area contributed by atoms with Gasteiger partial charge in [-0.05, 0) is 6.92 Å². The first kappa shape index (κ1) is 51.8. The zero-order valence-corrected chi connectivity index (χ0v) is 36.4. The largest absolute Gasteiger partial charge is 0.463 e. The number of hydrogen-bond acceptors (Lipinski definition) is 24. The van der Waals surface area contributed by atoms with E-state index in [4.69, 9.17) is 66.3 Å². The van der Waals surface area contributed by atoms with Gasteiger partial charge in [0.15, 0.2) is 55.3 Å². The summed E-state index contributed by atoms with van der Waals surface area (Å²) in [6, 6.07) is -1.59. The zero-order chi connectivity index (χ0) is 47.5. The molecule has 0 saturated carbocycles. The van der Waals surface area contributed by atoms with Crippen LogP contribution in [0.25, 0.3) is 0 Å². The molecule has 354 valence electrons. The van der Waals surface area contributed by atoms with Gasteiger partial charge in [0, 0.05) is 69.2 Å². The van der Waals surface area contributed by atoms with E-state index in [1.807, 2.05) is 0 Å². The highest BCUT2D eigenvalue weighted by molar-refractivity contribution is 5.74. The van der Waals surface area contributed by atoms with E-state index in [1.54, 1.807) is 0 Å². The number of hydrogen-bond donors (Lipinski definition) is 1. The summed E-state index contributed by atoms with van der Waals surface area (Å²) in [5, 5.41) is 2.51. The first-order valence-electron chi connectivity index (χ1n) is 19.4. The van der Waals surface area contributed by atoms with Crippen LogP contribution >= 0.6 is 0 Å². The van der Waals surface area contributed by atoms with E-state index in [2.05, 4.69) is 5.32 Å². The lowest BCUT2D eigenvalue weighted by Crippen LogP contribution is -2.70. The van der Waals surface area contributed by atoms with Gasteiger partial charge in [-0.25, -0.2) is 0 Å². The van der Waals surface area contributed by atoms with Crippen LogP contribution in [-0.4, -0.2) is 165 Å². The molecule has 25 heteroatoms. The molecule has 0 aromatic heterocycles. The van der Waals surface area contributed by atoms with E-state index in [1.165, 1.54) is 6.92 Å².